The number of nitrogen functional groups attached to an aromatic ring is 1. The van der Waals surface area contributed by atoms with E-state index in [0.717, 1.165) is 29.8 Å². The summed E-state index contributed by atoms with van der Waals surface area (Å²) in [5.41, 5.74) is 8.17. The third-order valence-electron chi connectivity index (χ3n) is 6.22. The number of benzene rings is 2. The molecule has 1 atom stereocenters. The maximum Gasteiger partial charge on any atom is 0.274 e. The molecule has 5 rings (SSSR count). The van der Waals surface area contributed by atoms with E-state index in [-0.39, 0.29) is 23.2 Å². The highest BCUT2D eigenvalue weighted by atomic mass is 16.5. The van der Waals surface area contributed by atoms with Gasteiger partial charge in [0.25, 0.3) is 5.56 Å². The Morgan fingerprint density at radius 2 is 1.88 bits per heavy atom. The Morgan fingerprint density at radius 3 is 2.62 bits per heavy atom. The highest BCUT2D eigenvalue weighted by Gasteiger charge is 2.28. The number of fused-ring (bicyclic) bond motifs is 1. The zero-order valence-electron chi connectivity index (χ0n) is 18.6. The van der Waals surface area contributed by atoms with E-state index in [1.165, 1.54) is 6.08 Å². The minimum absolute atomic E-state index is 0.00462. The quantitative estimate of drug-likeness (QED) is 0.443. The number of aromatic nitrogens is 3. The van der Waals surface area contributed by atoms with E-state index in [9.17, 15) is 9.59 Å². The lowest BCUT2D eigenvalue weighted by molar-refractivity contribution is -0.127. The molecule has 34 heavy (non-hydrogen) atoms. The van der Waals surface area contributed by atoms with E-state index in [1.807, 2.05) is 65.4 Å². The van der Waals surface area contributed by atoms with Gasteiger partial charge in [-0.25, -0.2) is 5.10 Å². The van der Waals surface area contributed by atoms with Crippen LogP contribution in [0.15, 0.2) is 78.2 Å². The molecular weight excluding hydrogens is 430 g/mol. The van der Waals surface area contributed by atoms with Crippen molar-refractivity contribution in [3.05, 3.63) is 89.4 Å². The van der Waals surface area contributed by atoms with Gasteiger partial charge in [-0.1, -0.05) is 24.8 Å². The van der Waals surface area contributed by atoms with Gasteiger partial charge in [0, 0.05) is 30.9 Å². The number of carbonyl (C=O) groups is 1. The minimum Gasteiger partial charge on any atom is -0.457 e. The largest absolute Gasteiger partial charge is 0.457 e. The first-order valence-corrected chi connectivity index (χ1v) is 11.2. The molecular formula is C26H25N5O3. The Labute approximate surface area is 196 Å². The van der Waals surface area contributed by atoms with Gasteiger partial charge in [-0.3, -0.25) is 9.59 Å². The maximum atomic E-state index is 12.9. The average molecular weight is 456 g/mol. The Hall–Kier alpha value is -4.33. The van der Waals surface area contributed by atoms with Crippen molar-refractivity contribution in [1.29, 1.82) is 0 Å². The van der Waals surface area contributed by atoms with Crippen molar-refractivity contribution in [1.82, 2.24) is 19.7 Å². The molecule has 2 aromatic heterocycles. The molecule has 0 bridgehead atoms. The lowest BCUT2D eigenvalue weighted by Gasteiger charge is -2.32. The fourth-order valence-corrected chi connectivity index (χ4v) is 4.61. The summed E-state index contributed by atoms with van der Waals surface area (Å²) in [5, 5.41) is 7.02. The Morgan fingerprint density at radius 1 is 1.15 bits per heavy atom. The van der Waals surface area contributed by atoms with E-state index < -0.39 is 0 Å². The summed E-state index contributed by atoms with van der Waals surface area (Å²) >= 11 is 0. The van der Waals surface area contributed by atoms with Crippen molar-refractivity contribution >= 4 is 22.6 Å². The predicted molar refractivity (Wildman–Crippen MR) is 131 cm³/mol. The average Bonchev–Trinajstić information content (AvgIpc) is 3.29. The van der Waals surface area contributed by atoms with Gasteiger partial charge in [-0.2, -0.15) is 5.10 Å². The van der Waals surface area contributed by atoms with Gasteiger partial charge in [0.15, 0.2) is 5.82 Å². The van der Waals surface area contributed by atoms with Crippen molar-refractivity contribution in [3.8, 4) is 17.2 Å². The number of likely N-dealkylation sites (tertiary alicyclic amines) is 1. The first kappa shape index (κ1) is 21.5. The number of nitrogens with zero attached hydrogens (tertiary/aromatic N) is 3. The monoisotopic (exact) mass is 455 g/mol. The number of rotatable bonds is 5. The molecule has 0 aliphatic carbocycles. The number of piperidine rings is 1. The molecule has 3 heterocycles. The van der Waals surface area contributed by atoms with Gasteiger partial charge in [0.05, 0.1) is 5.39 Å². The summed E-state index contributed by atoms with van der Waals surface area (Å²) < 4.78 is 7.79. The molecule has 2 aromatic carbocycles. The highest BCUT2D eigenvalue weighted by molar-refractivity contribution is 5.92. The van der Waals surface area contributed by atoms with Crippen LogP contribution in [0.25, 0.3) is 16.6 Å². The number of nitrogens with one attached hydrogen (secondary N) is 1. The van der Waals surface area contributed by atoms with Gasteiger partial charge in [0.2, 0.25) is 5.91 Å². The Kier molecular flexibility index (Phi) is 5.63. The minimum atomic E-state index is -0.297. The van der Waals surface area contributed by atoms with Crippen molar-refractivity contribution in [2.75, 3.05) is 18.8 Å². The summed E-state index contributed by atoms with van der Waals surface area (Å²) in [6, 6.07) is 17.1. The molecule has 1 fully saturated rings. The van der Waals surface area contributed by atoms with Crippen LogP contribution in [0, 0.1) is 0 Å². The number of H-pyrrole nitrogens is 1. The fraction of sp³-hybridized carbons (Fsp3) is 0.192. The van der Waals surface area contributed by atoms with Crippen molar-refractivity contribution in [2.45, 2.75) is 18.8 Å². The van der Waals surface area contributed by atoms with Crippen LogP contribution in [-0.4, -0.2) is 38.7 Å². The first-order valence-electron chi connectivity index (χ1n) is 11.2. The number of amides is 1. The summed E-state index contributed by atoms with van der Waals surface area (Å²) in [6.07, 6.45) is 4.99. The molecule has 1 amide bonds. The van der Waals surface area contributed by atoms with Crippen LogP contribution in [-0.2, 0) is 4.79 Å². The Bertz CT molecular complexity index is 1410. The van der Waals surface area contributed by atoms with Gasteiger partial charge in [0.1, 0.15) is 17.0 Å². The van der Waals surface area contributed by atoms with Crippen LogP contribution in [0.1, 0.15) is 24.3 Å². The lowest BCUT2D eigenvalue weighted by atomic mass is 9.90. The van der Waals surface area contributed by atoms with Gasteiger partial charge >= 0.3 is 0 Å². The molecule has 4 aromatic rings. The molecule has 8 nitrogen and oxygen atoms in total. The van der Waals surface area contributed by atoms with E-state index in [2.05, 4.69) is 16.8 Å². The predicted octanol–water partition coefficient (Wildman–Crippen LogP) is 3.98. The zero-order valence-corrected chi connectivity index (χ0v) is 18.6. The number of nitrogens with two attached hydrogens (primary N) is 1. The summed E-state index contributed by atoms with van der Waals surface area (Å²) in [5.74, 6) is 1.59. The van der Waals surface area contributed by atoms with E-state index in [0.29, 0.717) is 29.7 Å². The molecule has 3 N–H and O–H groups in total. The molecule has 0 unspecified atom stereocenters. The van der Waals surface area contributed by atoms with Crippen LogP contribution in [0.5, 0.6) is 11.5 Å². The normalized spacial score (nSPS) is 15.9. The summed E-state index contributed by atoms with van der Waals surface area (Å²) in [7, 11) is 0. The highest BCUT2D eigenvalue weighted by Crippen LogP contribution is 2.35. The second kappa shape index (κ2) is 8.90. The van der Waals surface area contributed by atoms with E-state index >= 15 is 0 Å². The van der Waals surface area contributed by atoms with Crippen LogP contribution in [0.2, 0.25) is 0 Å². The number of carbonyl (C=O) groups excluding carboxylic acids is 1. The standard InChI is InChI=1S/C26H25N5O3/c1-2-22(32)30-14-6-7-17(15-30)21-16-31(24-23(21)26(33)29-28-25(24)27)18-10-12-20(13-11-18)34-19-8-4-3-5-9-19/h2-5,8-13,16-17H,1,6-7,14-15H2,(H2,27,28)(H,29,33)/t17-/m0/s1. The molecule has 1 aliphatic heterocycles. The number of aromatic amines is 1. The lowest BCUT2D eigenvalue weighted by Crippen LogP contribution is -2.38. The molecule has 0 radical (unpaired) electrons. The van der Waals surface area contributed by atoms with Gasteiger partial charge in [-0.05, 0) is 60.9 Å². The summed E-state index contributed by atoms with van der Waals surface area (Å²) in [4.78, 5) is 26.9. The van der Waals surface area contributed by atoms with Gasteiger partial charge in [-0.15, -0.1) is 0 Å². The first-order chi connectivity index (χ1) is 16.5. The zero-order chi connectivity index (χ0) is 23.7. The second-order valence-electron chi connectivity index (χ2n) is 8.35. The van der Waals surface area contributed by atoms with Crippen LogP contribution in [0.4, 0.5) is 5.82 Å². The topological polar surface area (TPSA) is 106 Å². The Balaban J connectivity index is 1.55. The number of para-hydroxylation sites is 1. The smallest absolute Gasteiger partial charge is 0.274 e. The molecule has 1 aliphatic rings. The van der Waals surface area contributed by atoms with Crippen LogP contribution in [0.3, 0.4) is 0 Å². The number of ether oxygens (including phenoxy) is 1. The number of anilines is 1. The van der Waals surface area contributed by atoms with Crippen molar-refractivity contribution in [3.63, 3.8) is 0 Å². The third-order valence-corrected chi connectivity index (χ3v) is 6.22. The molecule has 8 heteroatoms. The summed E-state index contributed by atoms with van der Waals surface area (Å²) in [6.45, 7) is 4.81. The van der Waals surface area contributed by atoms with Gasteiger partial charge < -0.3 is 19.9 Å². The fourth-order valence-electron chi connectivity index (χ4n) is 4.61. The van der Waals surface area contributed by atoms with Crippen LogP contribution < -0.4 is 16.0 Å². The van der Waals surface area contributed by atoms with Crippen molar-refractivity contribution in [2.24, 2.45) is 0 Å². The SMILES string of the molecule is C=CC(=O)N1CCC[C@H](c2cn(-c3ccc(Oc4ccccc4)cc3)c3c(N)n[nH]c(=O)c23)C1. The third kappa shape index (κ3) is 3.94. The van der Waals surface area contributed by atoms with E-state index in [1.54, 1.807) is 4.90 Å². The molecule has 172 valence electrons. The molecule has 1 saturated heterocycles. The number of hydrogen-bond donors (Lipinski definition) is 2. The van der Waals surface area contributed by atoms with Crippen LogP contribution >= 0.6 is 0 Å². The maximum absolute atomic E-state index is 12.9. The van der Waals surface area contributed by atoms with E-state index in [4.69, 9.17) is 10.5 Å². The molecule has 0 saturated carbocycles. The molecule has 0 spiro atoms. The second-order valence-corrected chi connectivity index (χ2v) is 8.35. The van der Waals surface area contributed by atoms with Crippen molar-refractivity contribution < 1.29 is 9.53 Å². The number of hydrogen-bond acceptors (Lipinski definition) is 5.